The van der Waals surface area contributed by atoms with Crippen molar-refractivity contribution in [2.45, 2.75) is 4.34 Å². The van der Waals surface area contributed by atoms with Gasteiger partial charge in [0.25, 0.3) is 5.24 Å². The molecule has 1 aliphatic rings. The van der Waals surface area contributed by atoms with Crippen molar-refractivity contribution >= 4 is 51.9 Å². The Kier molecular flexibility index (Phi) is 5.16. The predicted octanol–water partition coefficient (Wildman–Crippen LogP) is 0.442. The van der Waals surface area contributed by atoms with E-state index in [4.69, 9.17) is 0 Å². The summed E-state index contributed by atoms with van der Waals surface area (Å²) < 4.78 is 0.733. The highest BCUT2D eigenvalue weighted by atomic mass is 32.2. The highest BCUT2D eigenvalue weighted by molar-refractivity contribution is 8.14. The molecule has 0 bridgehead atoms. The first-order valence-electron chi connectivity index (χ1n) is 5.29. The van der Waals surface area contributed by atoms with Crippen LogP contribution in [0.15, 0.2) is 9.85 Å². The van der Waals surface area contributed by atoms with Gasteiger partial charge in [0.1, 0.15) is 5.51 Å². The van der Waals surface area contributed by atoms with Gasteiger partial charge in [-0.1, -0.05) is 34.9 Å². The lowest BCUT2D eigenvalue weighted by molar-refractivity contribution is -0.125. The molecule has 0 saturated carbocycles. The maximum absolute atomic E-state index is 11.5. The Morgan fingerprint density at radius 2 is 2.37 bits per heavy atom. The van der Waals surface area contributed by atoms with Gasteiger partial charge >= 0.3 is 0 Å². The fourth-order valence-corrected chi connectivity index (χ4v) is 3.38. The molecule has 0 radical (unpaired) electrons. The summed E-state index contributed by atoms with van der Waals surface area (Å²) in [5.41, 5.74) is 1.60. The molecule has 0 aliphatic carbocycles. The molecule has 3 amide bonds. The maximum Gasteiger partial charge on any atom is 0.288 e. The summed E-state index contributed by atoms with van der Waals surface area (Å²) in [5.74, 6) is 0.0744. The fourth-order valence-electron chi connectivity index (χ4n) is 1.31. The smallest absolute Gasteiger partial charge is 0.288 e. The Hall–Kier alpha value is -1.13. The normalized spacial score (nSPS) is 15.1. The standard InChI is InChI=1S/C9H10N4O3S3/c14-6(3-17-8-12-11-5-19-8)10-1-2-13-7(15)4-18-9(13)16/h5H,1-4H2,(H,10,14). The molecule has 0 spiro atoms. The minimum Gasteiger partial charge on any atom is -0.354 e. The third kappa shape index (κ3) is 4.18. The van der Waals surface area contributed by atoms with Crippen molar-refractivity contribution in [2.75, 3.05) is 24.6 Å². The lowest BCUT2D eigenvalue weighted by Crippen LogP contribution is -2.38. The summed E-state index contributed by atoms with van der Waals surface area (Å²) in [6.45, 7) is 0.493. The van der Waals surface area contributed by atoms with Crippen LogP contribution in [0.5, 0.6) is 0 Å². The summed E-state index contributed by atoms with van der Waals surface area (Å²) in [7, 11) is 0. The van der Waals surface area contributed by atoms with E-state index >= 15 is 0 Å². The van der Waals surface area contributed by atoms with Gasteiger partial charge in [-0.05, 0) is 0 Å². The van der Waals surface area contributed by atoms with Gasteiger partial charge in [-0.15, -0.1) is 10.2 Å². The lowest BCUT2D eigenvalue weighted by atomic mass is 10.5. The van der Waals surface area contributed by atoms with E-state index in [1.54, 1.807) is 5.51 Å². The minimum absolute atomic E-state index is 0.160. The second-order valence-electron chi connectivity index (χ2n) is 3.44. The molecule has 19 heavy (non-hydrogen) atoms. The van der Waals surface area contributed by atoms with Crippen LogP contribution in [0.3, 0.4) is 0 Å². The molecular weight excluding hydrogens is 308 g/mol. The number of rotatable bonds is 6. The lowest BCUT2D eigenvalue weighted by Gasteiger charge is -2.12. The second kappa shape index (κ2) is 6.87. The van der Waals surface area contributed by atoms with Crippen LogP contribution < -0.4 is 5.32 Å². The zero-order valence-electron chi connectivity index (χ0n) is 9.70. The summed E-state index contributed by atoms with van der Waals surface area (Å²) in [5, 5.41) is 9.87. The molecule has 102 valence electrons. The molecule has 0 atom stereocenters. The summed E-state index contributed by atoms with van der Waals surface area (Å²) in [4.78, 5) is 35.2. The molecule has 1 N–H and O–H groups in total. The Balaban J connectivity index is 1.64. The number of nitrogens with one attached hydrogen (secondary N) is 1. The molecule has 7 nitrogen and oxygen atoms in total. The Labute approximate surface area is 121 Å². The third-order valence-electron chi connectivity index (χ3n) is 2.16. The van der Waals surface area contributed by atoms with E-state index in [1.165, 1.54) is 23.1 Å². The quantitative estimate of drug-likeness (QED) is 0.761. The first kappa shape index (κ1) is 14.3. The number of carbonyl (C=O) groups excluding carboxylic acids is 3. The number of imide groups is 1. The van der Waals surface area contributed by atoms with Crippen LogP contribution in [-0.2, 0) is 9.59 Å². The molecule has 10 heteroatoms. The maximum atomic E-state index is 11.5. The predicted molar refractivity (Wildman–Crippen MR) is 73.2 cm³/mol. The largest absolute Gasteiger partial charge is 0.354 e. The van der Waals surface area contributed by atoms with E-state index in [9.17, 15) is 14.4 Å². The van der Waals surface area contributed by atoms with Crippen LogP contribution in [0.2, 0.25) is 0 Å². The molecule has 2 heterocycles. The van der Waals surface area contributed by atoms with Crippen LogP contribution in [0, 0.1) is 0 Å². The Morgan fingerprint density at radius 1 is 1.53 bits per heavy atom. The molecule has 2 rings (SSSR count). The molecule has 1 aromatic heterocycles. The van der Waals surface area contributed by atoms with Crippen molar-refractivity contribution in [3.63, 3.8) is 0 Å². The van der Waals surface area contributed by atoms with Gasteiger partial charge in [-0.3, -0.25) is 19.3 Å². The van der Waals surface area contributed by atoms with Gasteiger partial charge in [-0.25, -0.2) is 0 Å². The summed E-state index contributed by atoms with van der Waals surface area (Å²) >= 11 is 3.66. The van der Waals surface area contributed by atoms with Crippen molar-refractivity contribution in [3.8, 4) is 0 Å². The SMILES string of the molecule is O=C(CSc1nncs1)NCCN1C(=O)CSC1=O. The molecule has 0 unspecified atom stereocenters. The molecule has 1 saturated heterocycles. The van der Waals surface area contributed by atoms with E-state index in [-0.39, 0.29) is 41.6 Å². The average Bonchev–Trinajstić information content (AvgIpc) is 3.00. The highest BCUT2D eigenvalue weighted by Gasteiger charge is 2.29. The van der Waals surface area contributed by atoms with Crippen LogP contribution in [-0.4, -0.2) is 56.7 Å². The molecular formula is C9H10N4O3S3. The van der Waals surface area contributed by atoms with Crippen LogP contribution >= 0.6 is 34.9 Å². The van der Waals surface area contributed by atoms with E-state index in [0.717, 1.165) is 21.0 Å². The Morgan fingerprint density at radius 3 is 3.00 bits per heavy atom. The number of amides is 3. The number of carbonyl (C=O) groups is 3. The van der Waals surface area contributed by atoms with E-state index in [0.29, 0.717) is 0 Å². The zero-order valence-corrected chi connectivity index (χ0v) is 12.1. The zero-order chi connectivity index (χ0) is 13.7. The topological polar surface area (TPSA) is 92.3 Å². The van der Waals surface area contributed by atoms with E-state index in [2.05, 4.69) is 15.5 Å². The fraction of sp³-hybridized carbons (Fsp3) is 0.444. The Bertz CT molecular complexity index is 463. The van der Waals surface area contributed by atoms with Gasteiger partial charge in [0.2, 0.25) is 11.8 Å². The highest BCUT2D eigenvalue weighted by Crippen LogP contribution is 2.19. The summed E-state index contributed by atoms with van der Waals surface area (Å²) in [6, 6.07) is 0. The first-order valence-corrected chi connectivity index (χ1v) is 8.14. The van der Waals surface area contributed by atoms with Gasteiger partial charge in [0.15, 0.2) is 4.34 Å². The van der Waals surface area contributed by atoms with Crippen molar-refractivity contribution in [1.82, 2.24) is 20.4 Å². The van der Waals surface area contributed by atoms with Gasteiger partial charge in [0, 0.05) is 13.1 Å². The molecule has 1 aromatic rings. The summed E-state index contributed by atoms with van der Waals surface area (Å²) in [6.07, 6.45) is 0. The van der Waals surface area contributed by atoms with E-state index in [1.807, 2.05) is 0 Å². The minimum atomic E-state index is -0.248. The van der Waals surface area contributed by atoms with Gasteiger partial charge in [-0.2, -0.15) is 0 Å². The van der Waals surface area contributed by atoms with Gasteiger partial charge in [0.05, 0.1) is 11.5 Å². The molecule has 1 fully saturated rings. The number of nitrogens with zero attached hydrogens (tertiary/aromatic N) is 3. The van der Waals surface area contributed by atoms with Crippen molar-refractivity contribution < 1.29 is 14.4 Å². The average molecular weight is 318 g/mol. The second-order valence-corrected chi connectivity index (χ2v) is 6.43. The molecule has 0 aromatic carbocycles. The van der Waals surface area contributed by atoms with Crippen LogP contribution in [0.1, 0.15) is 0 Å². The van der Waals surface area contributed by atoms with Crippen molar-refractivity contribution in [1.29, 1.82) is 0 Å². The van der Waals surface area contributed by atoms with E-state index < -0.39 is 0 Å². The number of hydrogen-bond acceptors (Lipinski definition) is 8. The van der Waals surface area contributed by atoms with Crippen molar-refractivity contribution in [2.24, 2.45) is 0 Å². The monoisotopic (exact) mass is 318 g/mol. The van der Waals surface area contributed by atoms with Crippen LogP contribution in [0.25, 0.3) is 0 Å². The first-order chi connectivity index (χ1) is 9.16. The van der Waals surface area contributed by atoms with Crippen LogP contribution in [0.4, 0.5) is 4.79 Å². The number of aromatic nitrogens is 2. The number of hydrogen-bond donors (Lipinski definition) is 1. The van der Waals surface area contributed by atoms with Crippen molar-refractivity contribution in [3.05, 3.63) is 5.51 Å². The molecule has 1 aliphatic heterocycles. The number of thioether (sulfide) groups is 2. The van der Waals surface area contributed by atoms with Gasteiger partial charge < -0.3 is 5.32 Å². The third-order valence-corrected chi connectivity index (χ3v) is 4.88.